The highest BCUT2D eigenvalue weighted by molar-refractivity contribution is 6.50. The first kappa shape index (κ1) is 24.0. The lowest BCUT2D eigenvalue weighted by Crippen LogP contribution is -2.60. The Labute approximate surface area is 213 Å². The van der Waals surface area contributed by atoms with Crippen molar-refractivity contribution in [3.8, 4) is 0 Å². The van der Waals surface area contributed by atoms with E-state index in [4.69, 9.17) is 5.73 Å². The number of guanidine groups is 1. The number of aliphatic hydroxyl groups is 2. The summed E-state index contributed by atoms with van der Waals surface area (Å²) in [5.74, 6) is -3.42. The van der Waals surface area contributed by atoms with Gasteiger partial charge in [-0.15, -0.1) is 0 Å². The molecule has 0 saturated carbocycles. The predicted octanol–water partition coefficient (Wildman–Crippen LogP) is 2.15. The number of amides is 2. The van der Waals surface area contributed by atoms with E-state index in [-0.39, 0.29) is 18.1 Å². The zero-order valence-corrected chi connectivity index (χ0v) is 20.0. The van der Waals surface area contributed by atoms with Gasteiger partial charge in [0.15, 0.2) is 0 Å². The van der Waals surface area contributed by atoms with Crippen LogP contribution in [-0.2, 0) is 14.4 Å². The number of para-hydroxylation sites is 2. The van der Waals surface area contributed by atoms with E-state index in [1.807, 2.05) is 0 Å². The molecule has 186 valence electrons. The number of anilines is 1. The van der Waals surface area contributed by atoms with Crippen molar-refractivity contribution in [1.82, 2.24) is 4.90 Å². The van der Waals surface area contributed by atoms with Crippen LogP contribution in [0.5, 0.6) is 0 Å². The fourth-order valence-electron chi connectivity index (χ4n) is 4.96. The first-order valence-electron chi connectivity index (χ1n) is 11.7. The fraction of sp³-hybridized carbons (Fsp3) is 0.143. The number of benzene rings is 3. The van der Waals surface area contributed by atoms with Gasteiger partial charge in [-0.3, -0.25) is 20.2 Å². The molecule has 37 heavy (non-hydrogen) atoms. The molecule has 5 rings (SSSR count). The second-order valence-electron chi connectivity index (χ2n) is 8.86. The Balaban J connectivity index is 1.91. The average Bonchev–Trinajstić information content (AvgIpc) is 3.26. The van der Waals surface area contributed by atoms with Crippen molar-refractivity contribution in [1.29, 1.82) is 0 Å². The molecule has 9 heteroatoms. The number of carbonyl (C=O) groups is 3. The summed E-state index contributed by atoms with van der Waals surface area (Å²) in [5, 5.41) is 21.8. The number of nitrogens with zero attached hydrogens (tertiary/aromatic N) is 3. The smallest absolute Gasteiger partial charge is 0.366 e. The van der Waals surface area contributed by atoms with E-state index in [0.717, 1.165) is 4.90 Å². The van der Waals surface area contributed by atoms with Crippen molar-refractivity contribution in [3.63, 3.8) is 0 Å². The molecule has 2 aliphatic rings. The van der Waals surface area contributed by atoms with Gasteiger partial charge in [0.25, 0.3) is 17.4 Å². The quantitative estimate of drug-likeness (QED) is 0.215. The summed E-state index contributed by atoms with van der Waals surface area (Å²) >= 11 is 0. The van der Waals surface area contributed by atoms with Crippen molar-refractivity contribution >= 4 is 40.7 Å². The van der Waals surface area contributed by atoms with Gasteiger partial charge in [-0.2, -0.15) is 9.48 Å². The van der Waals surface area contributed by atoms with E-state index in [0.29, 0.717) is 11.4 Å². The molecule has 2 heterocycles. The summed E-state index contributed by atoms with van der Waals surface area (Å²) in [6.45, 7) is 1.08. The Kier molecular flexibility index (Phi) is 5.85. The minimum atomic E-state index is -2.19. The second-order valence-corrected chi connectivity index (χ2v) is 8.86. The van der Waals surface area contributed by atoms with Crippen molar-refractivity contribution in [3.05, 3.63) is 102 Å². The van der Waals surface area contributed by atoms with Crippen LogP contribution in [-0.4, -0.2) is 61.6 Å². The molecule has 0 bridgehead atoms. The number of ketones is 1. The molecule has 2 amide bonds. The zero-order chi connectivity index (χ0) is 26.3. The van der Waals surface area contributed by atoms with Crippen molar-refractivity contribution < 1.29 is 29.2 Å². The summed E-state index contributed by atoms with van der Waals surface area (Å²) in [6, 6.07) is 25.4. The maximum absolute atomic E-state index is 14.6. The summed E-state index contributed by atoms with van der Waals surface area (Å²) in [6.07, 6.45) is -1.09. The van der Waals surface area contributed by atoms with E-state index in [1.165, 1.54) is 16.4 Å². The van der Waals surface area contributed by atoms with Gasteiger partial charge in [0, 0.05) is 5.56 Å². The van der Waals surface area contributed by atoms with E-state index in [2.05, 4.69) is 0 Å². The molecule has 2 atom stereocenters. The number of aliphatic hydroxyl groups excluding tert-OH is 2. The highest BCUT2D eigenvalue weighted by atomic mass is 16.3. The van der Waals surface area contributed by atoms with Gasteiger partial charge in [0.2, 0.25) is 0 Å². The monoisotopic (exact) mass is 497 g/mol. The molecule has 1 spiro atoms. The zero-order valence-electron chi connectivity index (χ0n) is 20.0. The first-order chi connectivity index (χ1) is 17.8. The predicted molar refractivity (Wildman–Crippen MR) is 137 cm³/mol. The number of likely N-dealkylation sites (tertiary alicyclic amines) is 1. The number of nitrogens with two attached hydrogens (primary N) is 1. The van der Waals surface area contributed by atoms with Crippen LogP contribution in [0.4, 0.5) is 11.4 Å². The van der Waals surface area contributed by atoms with Gasteiger partial charge < -0.3 is 10.2 Å². The fourth-order valence-corrected chi connectivity index (χ4v) is 4.96. The van der Waals surface area contributed by atoms with Crippen LogP contribution in [0.1, 0.15) is 12.5 Å². The number of rotatable bonds is 5. The highest BCUT2D eigenvalue weighted by Crippen LogP contribution is 2.46. The maximum Gasteiger partial charge on any atom is 0.366 e. The Morgan fingerprint density at radius 3 is 2.03 bits per heavy atom. The third-order valence-electron chi connectivity index (χ3n) is 6.45. The van der Waals surface area contributed by atoms with Crippen LogP contribution in [0, 0.1) is 0 Å². The minimum absolute atomic E-state index is 0.0705. The lowest BCUT2D eigenvalue weighted by atomic mass is 9.93. The lowest BCUT2D eigenvalue weighted by molar-refractivity contribution is -0.523. The van der Waals surface area contributed by atoms with Crippen LogP contribution >= 0.6 is 0 Å². The van der Waals surface area contributed by atoms with E-state index in [1.54, 1.807) is 91.0 Å². The van der Waals surface area contributed by atoms with Gasteiger partial charge in [0.1, 0.15) is 22.7 Å². The SMILES string of the molecule is CC(O)CN1C(=O)C(=O)/C(=C(/O)c2ccccc2)C12C(=O)N(c1ccccc1)C(N)=[N+]2c1ccccc1. The topological polar surface area (TPSA) is 127 Å². The molecule has 1 saturated heterocycles. The number of hydrogen-bond donors (Lipinski definition) is 3. The first-order valence-corrected chi connectivity index (χ1v) is 11.7. The van der Waals surface area contributed by atoms with Crippen LogP contribution in [0.3, 0.4) is 0 Å². The Morgan fingerprint density at radius 1 is 0.919 bits per heavy atom. The van der Waals surface area contributed by atoms with Crippen LogP contribution in [0.15, 0.2) is 96.6 Å². The molecule has 2 unspecified atom stereocenters. The van der Waals surface area contributed by atoms with Gasteiger partial charge in [-0.05, 0) is 31.2 Å². The summed E-state index contributed by atoms with van der Waals surface area (Å²) in [5.41, 5.74) is 5.09. The normalized spacial score (nSPS) is 21.8. The van der Waals surface area contributed by atoms with Crippen LogP contribution in [0.25, 0.3) is 5.76 Å². The number of carbonyl (C=O) groups excluding carboxylic acids is 3. The number of hydrogen-bond acceptors (Lipinski definition) is 6. The Morgan fingerprint density at radius 2 is 1.46 bits per heavy atom. The molecule has 0 radical (unpaired) electrons. The van der Waals surface area contributed by atoms with Gasteiger partial charge in [0.05, 0.1) is 12.6 Å². The standard InChI is InChI=1S/C28H24N4O5/c1-18(33)17-30-25(36)24(35)22(23(34)19-11-5-2-6-12-19)28(30)26(37)31(20-13-7-3-8-14-20)27(29)32(28)21-15-9-4-10-16-21/h2-16,18,29,33H,17H2,1H3,(H,34,35)/p+1. The van der Waals surface area contributed by atoms with E-state index >= 15 is 0 Å². The van der Waals surface area contributed by atoms with E-state index in [9.17, 15) is 24.6 Å². The molecule has 3 aromatic carbocycles. The summed E-state index contributed by atoms with van der Waals surface area (Å²) in [4.78, 5) is 43.9. The molecule has 2 aliphatic heterocycles. The molecular weight excluding hydrogens is 472 g/mol. The molecule has 4 N–H and O–H groups in total. The van der Waals surface area contributed by atoms with Crippen molar-refractivity contribution in [2.24, 2.45) is 5.73 Å². The Bertz CT molecular complexity index is 1450. The summed E-state index contributed by atoms with van der Waals surface area (Å²) in [7, 11) is 0. The third-order valence-corrected chi connectivity index (χ3v) is 6.45. The van der Waals surface area contributed by atoms with Crippen LogP contribution in [0.2, 0.25) is 0 Å². The van der Waals surface area contributed by atoms with E-state index < -0.39 is 40.7 Å². The molecule has 1 fully saturated rings. The maximum atomic E-state index is 14.6. The molecule has 0 aromatic heterocycles. The van der Waals surface area contributed by atoms with Crippen molar-refractivity contribution in [2.75, 3.05) is 11.4 Å². The molecular formula is C28H25N4O5+. The average molecular weight is 498 g/mol. The largest absolute Gasteiger partial charge is 0.507 e. The molecule has 3 aromatic rings. The minimum Gasteiger partial charge on any atom is -0.507 e. The van der Waals surface area contributed by atoms with Gasteiger partial charge >= 0.3 is 11.9 Å². The molecule has 0 aliphatic carbocycles. The molecule has 9 nitrogen and oxygen atoms in total. The number of β-amino-alcohol motifs (C(OH)–C–C–N with tert-alkyl or cyclic N) is 1. The van der Waals surface area contributed by atoms with Gasteiger partial charge in [-0.1, -0.05) is 66.7 Å². The second kappa shape index (κ2) is 9.03. The third kappa shape index (κ3) is 3.51. The van der Waals surface area contributed by atoms with Crippen LogP contribution < -0.4 is 10.6 Å². The highest BCUT2D eigenvalue weighted by Gasteiger charge is 2.73. The summed E-state index contributed by atoms with van der Waals surface area (Å²) < 4.78 is 1.38. The lowest BCUT2D eigenvalue weighted by Gasteiger charge is -2.34. The van der Waals surface area contributed by atoms with Crippen molar-refractivity contribution in [2.45, 2.75) is 18.7 Å². The van der Waals surface area contributed by atoms with Gasteiger partial charge in [-0.25, -0.2) is 4.79 Å². The number of Topliss-reactive ketones (excluding diaryl/α,β-unsaturated/α-hetero) is 1. The Hall–Kier alpha value is -4.76.